The van der Waals surface area contributed by atoms with Crippen molar-refractivity contribution in [2.24, 2.45) is 0 Å². The summed E-state index contributed by atoms with van der Waals surface area (Å²) in [5.74, 6) is 0.466. The first-order valence-corrected chi connectivity index (χ1v) is 9.81. The molecule has 30 heavy (non-hydrogen) atoms. The number of rotatable bonds is 4. The molecule has 0 aliphatic carbocycles. The molecule has 3 heterocycles. The maximum Gasteiger partial charge on any atom is 0.248 e. The largest absolute Gasteiger partial charge is 0.349 e. The smallest absolute Gasteiger partial charge is 0.248 e. The maximum atomic E-state index is 13.5. The second-order valence-electron chi connectivity index (χ2n) is 8.26. The highest BCUT2D eigenvalue weighted by molar-refractivity contribution is 5.89. The lowest BCUT2D eigenvalue weighted by molar-refractivity contribution is -0.124. The van der Waals surface area contributed by atoms with Crippen LogP contribution in [-0.2, 0) is 4.79 Å². The number of imidazole rings is 1. The zero-order valence-corrected chi connectivity index (χ0v) is 17.5. The van der Waals surface area contributed by atoms with E-state index in [0.717, 1.165) is 22.3 Å². The van der Waals surface area contributed by atoms with Crippen molar-refractivity contribution in [3.05, 3.63) is 72.4 Å². The standard InChI is InChI=1S/C23H24N6O/c1-15-13-26-18(14-25-15)21-27-17-7-5-6-8-19(17)29(21)20(16-9-11-24-12-10-16)22(30)28-23(2,3)4/h5-14,20H,1-4H3,(H,28,30). The Morgan fingerprint density at radius 3 is 2.43 bits per heavy atom. The van der Waals surface area contributed by atoms with E-state index < -0.39 is 6.04 Å². The molecule has 0 radical (unpaired) electrons. The minimum atomic E-state index is -0.641. The second-order valence-corrected chi connectivity index (χ2v) is 8.26. The molecule has 0 spiro atoms. The summed E-state index contributed by atoms with van der Waals surface area (Å²) < 4.78 is 1.94. The van der Waals surface area contributed by atoms with Crippen molar-refractivity contribution < 1.29 is 4.79 Å². The van der Waals surface area contributed by atoms with Crippen LogP contribution in [0.25, 0.3) is 22.6 Å². The van der Waals surface area contributed by atoms with Gasteiger partial charge in [0.15, 0.2) is 5.82 Å². The normalized spacial score (nSPS) is 12.7. The number of carbonyl (C=O) groups excluding carboxylic acids is 1. The first-order valence-electron chi connectivity index (χ1n) is 9.81. The van der Waals surface area contributed by atoms with Crippen molar-refractivity contribution >= 4 is 16.9 Å². The number of para-hydroxylation sites is 2. The van der Waals surface area contributed by atoms with Gasteiger partial charge in [0.25, 0.3) is 0 Å². The fourth-order valence-corrected chi connectivity index (χ4v) is 3.40. The quantitative estimate of drug-likeness (QED) is 0.564. The molecule has 1 atom stereocenters. The van der Waals surface area contributed by atoms with Gasteiger partial charge < -0.3 is 9.88 Å². The Morgan fingerprint density at radius 1 is 1.03 bits per heavy atom. The number of fused-ring (bicyclic) bond motifs is 1. The van der Waals surface area contributed by atoms with E-state index in [1.54, 1.807) is 24.8 Å². The van der Waals surface area contributed by atoms with E-state index in [-0.39, 0.29) is 11.4 Å². The molecule has 1 unspecified atom stereocenters. The summed E-state index contributed by atoms with van der Waals surface area (Å²) >= 11 is 0. The average molecular weight is 400 g/mol. The van der Waals surface area contributed by atoms with Crippen LogP contribution in [0, 0.1) is 6.92 Å². The molecule has 0 aliphatic rings. The number of pyridine rings is 1. The van der Waals surface area contributed by atoms with Crippen molar-refractivity contribution in [3.63, 3.8) is 0 Å². The van der Waals surface area contributed by atoms with Crippen LogP contribution in [0.15, 0.2) is 61.2 Å². The SMILES string of the molecule is Cc1cnc(-c2nc3ccccc3n2C(C(=O)NC(C)(C)C)c2ccncc2)cn1. The van der Waals surface area contributed by atoms with Gasteiger partial charge in [0.2, 0.25) is 5.91 Å². The van der Waals surface area contributed by atoms with Crippen LogP contribution in [0.1, 0.15) is 38.1 Å². The van der Waals surface area contributed by atoms with Gasteiger partial charge in [-0.25, -0.2) is 9.97 Å². The van der Waals surface area contributed by atoms with Crippen LogP contribution in [0.5, 0.6) is 0 Å². The summed E-state index contributed by atoms with van der Waals surface area (Å²) in [6.07, 6.45) is 6.78. The lowest BCUT2D eigenvalue weighted by Crippen LogP contribution is -2.44. The zero-order valence-electron chi connectivity index (χ0n) is 17.5. The van der Waals surface area contributed by atoms with Crippen molar-refractivity contribution in [1.29, 1.82) is 0 Å². The molecule has 1 amide bonds. The number of aryl methyl sites for hydroxylation is 1. The van der Waals surface area contributed by atoms with Gasteiger partial charge in [-0.1, -0.05) is 12.1 Å². The van der Waals surface area contributed by atoms with Gasteiger partial charge in [-0.3, -0.25) is 14.8 Å². The minimum absolute atomic E-state index is 0.127. The summed E-state index contributed by atoms with van der Waals surface area (Å²) in [4.78, 5) is 31.3. The van der Waals surface area contributed by atoms with Gasteiger partial charge in [0, 0.05) is 24.1 Å². The average Bonchev–Trinajstić information content (AvgIpc) is 3.08. The molecule has 4 aromatic rings. The highest BCUT2D eigenvalue weighted by Gasteiger charge is 2.30. The number of hydrogen-bond donors (Lipinski definition) is 1. The zero-order chi connectivity index (χ0) is 21.3. The fourth-order valence-electron chi connectivity index (χ4n) is 3.40. The van der Waals surface area contributed by atoms with Crippen LogP contribution in [0.3, 0.4) is 0 Å². The van der Waals surface area contributed by atoms with Crippen molar-refractivity contribution in [2.45, 2.75) is 39.3 Å². The number of hydrogen-bond acceptors (Lipinski definition) is 5. The Morgan fingerprint density at radius 2 is 1.77 bits per heavy atom. The molecule has 1 aromatic carbocycles. The lowest BCUT2D eigenvalue weighted by atomic mass is 10.0. The second kappa shape index (κ2) is 7.67. The highest BCUT2D eigenvalue weighted by atomic mass is 16.2. The molecule has 0 fully saturated rings. The molecule has 0 saturated heterocycles. The van der Waals surface area contributed by atoms with E-state index in [9.17, 15) is 4.79 Å². The van der Waals surface area contributed by atoms with Gasteiger partial charge >= 0.3 is 0 Å². The van der Waals surface area contributed by atoms with Gasteiger partial charge in [-0.2, -0.15) is 0 Å². The number of amides is 1. The maximum absolute atomic E-state index is 13.5. The molecule has 152 valence electrons. The molecule has 0 aliphatic heterocycles. The fraction of sp³-hybridized carbons (Fsp3) is 0.261. The van der Waals surface area contributed by atoms with E-state index in [1.807, 2.05) is 68.7 Å². The molecule has 3 aromatic heterocycles. The molecule has 0 bridgehead atoms. The third kappa shape index (κ3) is 3.91. The van der Waals surface area contributed by atoms with Gasteiger partial charge in [-0.05, 0) is 57.5 Å². The lowest BCUT2D eigenvalue weighted by Gasteiger charge is -2.27. The first kappa shape index (κ1) is 19.7. The predicted octanol–water partition coefficient (Wildman–Crippen LogP) is 3.70. The van der Waals surface area contributed by atoms with Gasteiger partial charge in [0.05, 0.1) is 22.9 Å². The number of carbonyl (C=O) groups is 1. The third-order valence-electron chi connectivity index (χ3n) is 4.63. The van der Waals surface area contributed by atoms with Crippen LogP contribution in [0.4, 0.5) is 0 Å². The van der Waals surface area contributed by atoms with Gasteiger partial charge in [0.1, 0.15) is 11.7 Å². The highest BCUT2D eigenvalue weighted by Crippen LogP contribution is 2.31. The Kier molecular flexibility index (Phi) is 5.03. The van der Waals surface area contributed by atoms with Crippen molar-refractivity contribution in [3.8, 4) is 11.5 Å². The Bertz CT molecular complexity index is 1180. The number of nitrogens with one attached hydrogen (secondary N) is 1. The Hall–Kier alpha value is -3.61. The molecule has 7 heteroatoms. The van der Waals surface area contributed by atoms with Crippen LogP contribution in [0.2, 0.25) is 0 Å². The Balaban J connectivity index is 1.98. The van der Waals surface area contributed by atoms with E-state index in [4.69, 9.17) is 4.98 Å². The summed E-state index contributed by atoms with van der Waals surface area (Å²) in [5, 5.41) is 3.11. The summed E-state index contributed by atoms with van der Waals surface area (Å²) in [6, 6.07) is 10.8. The molecule has 1 N–H and O–H groups in total. The van der Waals surface area contributed by atoms with Crippen LogP contribution < -0.4 is 5.32 Å². The van der Waals surface area contributed by atoms with E-state index in [2.05, 4.69) is 20.3 Å². The number of nitrogens with zero attached hydrogens (tertiary/aromatic N) is 5. The van der Waals surface area contributed by atoms with E-state index in [1.165, 1.54) is 0 Å². The summed E-state index contributed by atoms with van der Waals surface area (Å²) in [7, 11) is 0. The Labute approximate surface area is 175 Å². The topological polar surface area (TPSA) is 85.6 Å². The van der Waals surface area contributed by atoms with Crippen molar-refractivity contribution in [2.75, 3.05) is 0 Å². The van der Waals surface area contributed by atoms with Crippen LogP contribution >= 0.6 is 0 Å². The number of aromatic nitrogens is 5. The molecular weight excluding hydrogens is 376 g/mol. The first-order chi connectivity index (χ1) is 14.3. The van der Waals surface area contributed by atoms with Gasteiger partial charge in [-0.15, -0.1) is 0 Å². The summed E-state index contributed by atoms with van der Waals surface area (Å²) in [5.41, 5.74) is 3.49. The molecule has 4 rings (SSSR count). The predicted molar refractivity (Wildman–Crippen MR) is 116 cm³/mol. The van der Waals surface area contributed by atoms with E-state index in [0.29, 0.717) is 11.5 Å². The third-order valence-corrected chi connectivity index (χ3v) is 4.63. The monoisotopic (exact) mass is 400 g/mol. The van der Waals surface area contributed by atoms with Crippen molar-refractivity contribution in [1.82, 2.24) is 29.8 Å². The molecule has 0 saturated carbocycles. The van der Waals surface area contributed by atoms with Crippen LogP contribution in [-0.4, -0.2) is 35.9 Å². The molecular formula is C23H24N6O. The number of benzene rings is 1. The minimum Gasteiger partial charge on any atom is -0.349 e. The summed E-state index contributed by atoms with van der Waals surface area (Å²) in [6.45, 7) is 7.78. The molecule has 7 nitrogen and oxygen atoms in total. The van der Waals surface area contributed by atoms with E-state index >= 15 is 0 Å².